The predicted octanol–water partition coefficient (Wildman–Crippen LogP) is 0.531. The minimum Gasteiger partial charge on any atom is -0.378 e. The third-order valence-corrected chi connectivity index (χ3v) is 3.14. The fraction of sp³-hybridized carbons (Fsp3) is 0.867. The Bertz CT molecular complexity index is 335. The molecule has 0 aliphatic carbocycles. The molecule has 0 unspecified atom stereocenters. The summed E-state index contributed by atoms with van der Waals surface area (Å²) < 4.78 is 10.6. The number of ketones is 2. The Morgan fingerprint density at radius 2 is 1.52 bits per heavy atom. The Labute approximate surface area is 127 Å². The van der Waals surface area contributed by atoms with Crippen molar-refractivity contribution >= 4 is 11.6 Å². The molecular weight excluding hydrogens is 272 g/mol. The standard InChI is InChI=1S/C15H30N2O4/c1-14(2,3)13(19)11-21-9-8-20-7-6-17-15(4,5)12(18)10-16/h17H,6-11,16H2,1-5H3. The van der Waals surface area contributed by atoms with Gasteiger partial charge in [0, 0.05) is 12.0 Å². The molecule has 0 aromatic rings. The molecule has 0 saturated carbocycles. The SMILES string of the molecule is CC(C)(C)C(=O)COCCOCCNC(C)(C)C(=O)CN. The lowest BCUT2D eigenvalue weighted by Crippen LogP contribution is -2.50. The average molecular weight is 302 g/mol. The molecule has 0 atom stereocenters. The van der Waals surface area contributed by atoms with E-state index in [-0.39, 0.29) is 30.1 Å². The molecule has 0 saturated heterocycles. The lowest BCUT2D eigenvalue weighted by Gasteiger charge is -2.24. The molecule has 0 radical (unpaired) electrons. The molecule has 0 rings (SSSR count). The number of nitrogens with two attached hydrogens (primary N) is 1. The first kappa shape index (κ1) is 20.2. The zero-order chi connectivity index (χ0) is 16.5. The van der Waals surface area contributed by atoms with Gasteiger partial charge in [-0.15, -0.1) is 0 Å². The van der Waals surface area contributed by atoms with E-state index in [1.807, 2.05) is 20.8 Å². The van der Waals surface area contributed by atoms with Crippen molar-refractivity contribution in [3.05, 3.63) is 0 Å². The molecule has 124 valence electrons. The summed E-state index contributed by atoms with van der Waals surface area (Å²) in [5.41, 5.74) is 4.33. The second kappa shape index (κ2) is 9.25. The van der Waals surface area contributed by atoms with Crippen LogP contribution in [-0.2, 0) is 19.1 Å². The first-order valence-corrected chi connectivity index (χ1v) is 7.28. The molecule has 0 amide bonds. The van der Waals surface area contributed by atoms with Crippen LogP contribution in [0.1, 0.15) is 34.6 Å². The van der Waals surface area contributed by atoms with Crippen molar-refractivity contribution in [2.75, 3.05) is 39.5 Å². The van der Waals surface area contributed by atoms with Crippen LogP contribution < -0.4 is 11.1 Å². The van der Waals surface area contributed by atoms with Crippen molar-refractivity contribution in [2.45, 2.75) is 40.2 Å². The van der Waals surface area contributed by atoms with Gasteiger partial charge in [-0.3, -0.25) is 9.59 Å². The maximum absolute atomic E-state index is 11.6. The van der Waals surface area contributed by atoms with Gasteiger partial charge in [0.15, 0.2) is 11.6 Å². The Balaban J connectivity index is 3.58. The Morgan fingerprint density at radius 3 is 2.05 bits per heavy atom. The van der Waals surface area contributed by atoms with Gasteiger partial charge in [-0.05, 0) is 13.8 Å². The third-order valence-electron chi connectivity index (χ3n) is 3.14. The maximum atomic E-state index is 11.6. The van der Waals surface area contributed by atoms with E-state index in [0.29, 0.717) is 26.4 Å². The zero-order valence-corrected chi connectivity index (χ0v) is 14.0. The molecule has 6 heteroatoms. The molecule has 3 N–H and O–H groups in total. The van der Waals surface area contributed by atoms with E-state index in [1.54, 1.807) is 13.8 Å². The van der Waals surface area contributed by atoms with Gasteiger partial charge in [0.1, 0.15) is 6.61 Å². The maximum Gasteiger partial charge on any atom is 0.165 e. The van der Waals surface area contributed by atoms with Crippen LogP contribution in [0.5, 0.6) is 0 Å². The summed E-state index contributed by atoms with van der Waals surface area (Å²) in [6, 6.07) is 0. The Hall–Kier alpha value is -0.820. The molecule has 0 aromatic heterocycles. The summed E-state index contributed by atoms with van der Waals surface area (Å²) in [5, 5.41) is 3.09. The Kier molecular flexibility index (Phi) is 8.89. The van der Waals surface area contributed by atoms with E-state index in [1.165, 1.54) is 0 Å². The number of rotatable bonds is 11. The van der Waals surface area contributed by atoms with Crippen LogP contribution in [0.25, 0.3) is 0 Å². The van der Waals surface area contributed by atoms with Gasteiger partial charge in [0.05, 0.1) is 31.9 Å². The van der Waals surface area contributed by atoms with Crippen LogP contribution in [0, 0.1) is 5.41 Å². The minimum absolute atomic E-state index is 0.0243. The van der Waals surface area contributed by atoms with Crippen LogP contribution >= 0.6 is 0 Å². The molecule has 0 heterocycles. The first-order valence-electron chi connectivity index (χ1n) is 7.28. The van der Waals surface area contributed by atoms with Gasteiger partial charge in [0.25, 0.3) is 0 Å². The number of hydrogen-bond acceptors (Lipinski definition) is 6. The number of carbonyl (C=O) groups is 2. The van der Waals surface area contributed by atoms with Crippen LogP contribution in [0.2, 0.25) is 0 Å². The smallest absolute Gasteiger partial charge is 0.165 e. The second-order valence-corrected chi connectivity index (χ2v) is 6.52. The fourth-order valence-corrected chi connectivity index (χ4v) is 1.39. The predicted molar refractivity (Wildman–Crippen MR) is 82.2 cm³/mol. The summed E-state index contributed by atoms with van der Waals surface area (Å²) >= 11 is 0. The van der Waals surface area contributed by atoms with Crippen molar-refractivity contribution in [1.29, 1.82) is 0 Å². The molecule has 6 nitrogen and oxygen atoms in total. The lowest BCUT2D eigenvalue weighted by atomic mass is 9.91. The molecule has 0 spiro atoms. The highest BCUT2D eigenvalue weighted by molar-refractivity contribution is 5.89. The van der Waals surface area contributed by atoms with Gasteiger partial charge < -0.3 is 20.5 Å². The molecule has 0 aromatic carbocycles. The zero-order valence-electron chi connectivity index (χ0n) is 14.0. The van der Waals surface area contributed by atoms with E-state index in [2.05, 4.69) is 5.32 Å². The van der Waals surface area contributed by atoms with E-state index in [4.69, 9.17) is 15.2 Å². The molecule has 0 fully saturated rings. The van der Waals surface area contributed by atoms with Gasteiger partial charge >= 0.3 is 0 Å². The van der Waals surface area contributed by atoms with Gasteiger partial charge in [-0.25, -0.2) is 0 Å². The first-order chi connectivity index (χ1) is 9.61. The van der Waals surface area contributed by atoms with Gasteiger partial charge in [-0.1, -0.05) is 20.8 Å². The van der Waals surface area contributed by atoms with Gasteiger partial charge in [-0.2, -0.15) is 0 Å². The highest BCUT2D eigenvalue weighted by Gasteiger charge is 2.24. The summed E-state index contributed by atoms with van der Waals surface area (Å²) in [6.45, 7) is 11.2. The van der Waals surface area contributed by atoms with Crippen LogP contribution in [0.3, 0.4) is 0 Å². The minimum atomic E-state index is -0.631. The summed E-state index contributed by atoms with van der Waals surface area (Å²) in [5.74, 6) is 0.0396. The molecule has 0 aliphatic rings. The normalized spacial score (nSPS) is 12.5. The topological polar surface area (TPSA) is 90.6 Å². The van der Waals surface area contributed by atoms with E-state index >= 15 is 0 Å². The van der Waals surface area contributed by atoms with Crippen molar-refractivity contribution in [1.82, 2.24) is 5.32 Å². The number of carbonyl (C=O) groups excluding carboxylic acids is 2. The summed E-state index contributed by atoms with van der Waals surface area (Å²) in [6.07, 6.45) is 0. The van der Waals surface area contributed by atoms with E-state index in [0.717, 1.165) is 0 Å². The summed E-state index contributed by atoms with van der Waals surface area (Å²) in [7, 11) is 0. The summed E-state index contributed by atoms with van der Waals surface area (Å²) in [4.78, 5) is 23.1. The van der Waals surface area contributed by atoms with Crippen molar-refractivity contribution in [3.63, 3.8) is 0 Å². The highest BCUT2D eigenvalue weighted by Crippen LogP contribution is 2.14. The molecular formula is C15H30N2O4. The van der Waals surface area contributed by atoms with Crippen molar-refractivity contribution < 1.29 is 19.1 Å². The van der Waals surface area contributed by atoms with Gasteiger partial charge in [0.2, 0.25) is 0 Å². The number of nitrogens with one attached hydrogen (secondary N) is 1. The van der Waals surface area contributed by atoms with Crippen LogP contribution in [-0.4, -0.2) is 56.6 Å². The molecule has 21 heavy (non-hydrogen) atoms. The third kappa shape index (κ3) is 8.93. The molecule has 0 bridgehead atoms. The Morgan fingerprint density at radius 1 is 0.952 bits per heavy atom. The fourth-order valence-electron chi connectivity index (χ4n) is 1.39. The van der Waals surface area contributed by atoms with E-state index in [9.17, 15) is 9.59 Å². The second-order valence-electron chi connectivity index (χ2n) is 6.52. The largest absolute Gasteiger partial charge is 0.378 e. The lowest BCUT2D eigenvalue weighted by molar-refractivity contribution is -0.131. The number of ether oxygens (including phenoxy) is 2. The van der Waals surface area contributed by atoms with Crippen LogP contribution in [0.4, 0.5) is 0 Å². The highest BCUT2D eigenvalue weighted by atomic mass is 16.5. The average Bonchev–Trinajstić information content (AvgIpc) is 2.39. The quantitative estimate of drug-likeness (QED) is 0.541. The number of hydrogen-bond donors (Lipinski definition) is 2. The van der Waals surface area contributed by atoms with Crippen molar-refractivity contribution in [2.24, 2.45) is 11.1 Å². The molecule has 0 aliphatic heterocycles. The van der Waals surface area contributed by atoms with Crippen molar-refractivity contribution in [3.8, 4) is 0 Å². The number of Topliss-reactive ketones (excluding diaryl/α,β-unsaturated/α-hetero) is 2. The van der Waals surface area contributed by atoms with E-state index < -0.39 is 5.54 Å². The monoisotopic (exact) mass is 302 g/mol. The van der Waals surface area contributed by atoms with Crippen LogP contribution in [0.15, 0.2) is 0 Å².